The molecule has 1 heterocycles. The fourth-order valence-electron chi connectivity index (χ4n) is 2.58. The number of esters is 1. The number of carbonyl (C=O) groups excluding carboxylic acids is 2. The van der Waals surface area contributed by atoms with E-state index < -0.39 is 16.0 Å². The van der Waals surface area contributed by atoms with E-state index in [4.69, 9.17) is 11.6 Å². The molecule has 150 valence electrons. The Morgan fingerprint density at radius 3 is 2.34 bits per heavy atom. The zero-order valence-electron chi connectivity index (χ0n) is 15.4. The van der Waals surface area contributed by atoms with Crippen LogP contribution in [0.2, 0.25) is 4.34 Å². The number of rotatable bonds is 6. The number of halogens is 1. The summed E-state index contributed by atoms with van der Waals surface area (Å²) in [5.74, 6) is -0.606. The van der Waals surface area contributed by atoms with Gasteiger partial charge in [0.2, 0.25) is 0 Å². The summed E-state index contributed by atoms with van der Waals surface area (Å²) >= 11 is 7.20. The molecule has 0 amide bonds. The second kappa shape index (κ2) is 8.36. The number of thiophene rings is 1. The Bertz CT molecular complexity index is 1180. The van der Waals surface area contributed by atoms with E-state index in [1.807, 2.05) is 0 Å². The van der Waals surface area contributed by atoms with Crippen LogP contribution in [-0.4, -0.2) is 27.3 Å². The van der Waals surface area contributed by atoms with Gasteiger partial charge in [0.05, 0.1) is 12.7 Å². The molecule has 0 aliphatic carbocycles. The maximum absolute atomic E-state index is 12.7. The molecule has 9 heteroatoms. The number of benzene rings is 2. The van der Waals surface area contributed by atoms with Crippen LogP contribution < -0.4 is 4.72 Å². The van der Waals surface area contributed by atoms with Gasteiger partial charge in [-0.15, -0.1) is 11.3 Å². The van der Waals surface area contributed by atoms with Gasteiger partial charge >= 0.3 is 5.97 Å². The quantitative estimate of drug-likeness (QED) is 0.428. The summed E-state index contributed by atoms with van der Waals surface area (Å²) in [7, 11) is -2.62. The van der Waals surface area contributed by atoms with E-state index in [2.05, 4.69) is 9.46 Å². The summed E-state index contributed by atoms with van der Waals surface area (Å²) in [5, 5.41) is 0. The van der Waals surface area contributed by atoms with Crippen molar-refractivity contribution in [2.45, 2.75) is 11.1 Å². The van der Waals surface area contributed by atoms with Crippen molar-refractivity contribution in [3.8, 4) is 11.1 Å². The van der Waals surface area contributed by atoms with Gasteiger partial charge in [-0.1, -0.05) is 29.8 Å². The summed E-state index contributed by atoms with van der Waals surface area (Å²) in [6.07, 6.45) is 0. The average Bonchev–Trinajstić information content (AvgIpc) is 3.10. The lowest BCUT2D eigenvalue weighted by molar-refractivity contribution is 0.0600. The predicted octanol–water partition coefficient (Wildman–Crippen LogP) is 4.86. The van der Waals surface area contributed by atoms with Gasteiger partial charge in [0.15, 0.2) is 5.78 Å². The molecule has 0 atom stereocenters. The van der Waals surface area contributed by atoms with E-state index in [9.17, 15) is 18.0 Å². The molecule has 0 radical (unpaired) electrons. The standard InChI is InChI=1S/C20H16ClNO5S2/c1-12(23)14-4-3-5-15(10-14)17-11-18(28-19(17)21)29(25,26)22-16-8-6-13(7-9-16)20(24)27-2/h3-11,22H,1-2H3. The molecule has 0 aliphatic heterocycles. The zero-order valence-corrected chi connectivity index (χ0v) is 17.8. The van der Waals surface area contributed by atoms with Crippen LogP contribution in [0.4, 0.5) is 5.69 Å². The van der Waals surface area contributed by atoms with Crippen molar-refractivity contribution in [2.24, 2.45) is 0 Å². The maximum atomic E-state index is 12.7. The van der Waals surface area contributed by atoms with E-state index >= 15 is 0 Å². The third-order valence-electron chi connectivity index (χ3n) is 4.07. The topological polar surface area (TPSA) is 89.5 Å². The van der Waals surface area contributed by atoms with E-state index in [1.54, 1.807) is 24.3 Å². The first kappa shape index (κ1) is 21.0. The fraction of sp³-hybridized carbons (Fsp3) is 0.100. The lowest BCUT2D eigenvalue weighted by Gasteiger charge is -2.07. The Kier molecular flexibility index (Phi) is 6.07. The average molecular weight is 450 g/mol. The Labute approximate surface area is 177 Å². The molecule has 3 rings (SSSR count). The molecule has 0 saturated carbocycles. The Morgan fingerprint density at radius 2 is 1.72 bits per heavy atom. The van der Waals surface area contributed by atoms with Crippen molar-refractivity contribution in [1.82, 2.24) is 0 Å². The number of ketones is 1. The molecule has 3 aromatic rings. The van der Waals surface area contributed by atoms with Crippen molar-refractivity contribution in [2.75, 3.05) is 11.8 Å². The summed E-state index contributed by atoms with van der Waals surface area (Å²) in [6.45, 7) is 1.46. The first-order chi connectivity index (χ1) is 13.7. The van der Waals surface area contributed by atoms with Crippen LogP contribution in [-0.2, 0) is 14.8 Å². The number of anilines is 1. The number of hydrogen-bond donors (Lipinski definition) is 1. The van der Waals surface area contributed by atoms with Crippen LogP contribution in [0, 0.1) is 0 Å². The van der Waals surface area contributed by atoms with Gasteiger partial charge < -0.3 is 4.74 Å². The first-order valence-electron chi connectivity index (χ1n) is 8.33. The first-order valence-corrected chi connectivity index (χ1v) is 11.0. The monoisotopic (exact) mass is 449 g/mol. The van der Waals surface area contributed by atoms with E-state index in [1.165, 1.54) is 44.4 Å². The molecule has 0 spiro atoms. The highest BCUT2D eigenvalue weighted by Gasteiger charge is 2.21. The van der Waals surface area contributed by atoms with E-state index in [0.29, 0.717) is 32.3 Å². The molecule has 29 heavy (non-hydrogen) atoms. The number of carbonyl (C=O) groups is 2. The molecular weight excluding hydrogens is 434 g/mol. The molecule has 0 bridgehead atoms. The lowest BCUT2D eigenvalue weighted by atomic mass is 10.0. The van der Waals surface area contributed by atoms with Gasteiger partial charge in [-0.3, -0.25) is 9.52 Å². The second-order valence-corrected chi connectivity index (χ2v) is 9.63. The SMILES string of the molecule is COC(=O)c1ccc(NS(=O)(=O)c2cc(-c3cccc(C(C)=O)c3)c(Cl)s2)cc1. The van der Waals surface area contributed by atoms with E-state index in [-0.39, 0.29) is 9.99 Å². The minimum Gasteiger partial charge on any atom is -0.465 e. The predicted molar refractivity (Wildman–Crippen MR) is 113 cm³/mol. The smallest absolute Gasteiger partial charge is 0.337 e. The highest BCUT2D eigenvalue weighted by Crippen LogP contribution is 2.38. The summed E-state index contributed by atoms with van der Waals surface area (Å²) in [4.78, 5) is 23.1. The molecule has 0 aliphatic rings. The zero-order chi connectivity index (χ0) is 21.2. The maximum Gasteiger partial charge on any atom is 0.337 e. The van der Waals surface area contributed by atoms with Gasteiger partial charge in [0.25, 0.3) is 10.0 Å². The van der Waals surface area contributed by atoms with Crippen molar-refractivity contribution < 1.29 is 22.7 Å². The highest BCUT2D eigenvalue weighted by molar-refractivity contribution is 7.94. The Balaban J connectivity index is 1.89. The van der Waals surface area contributed by atoms with Crippen LogP contribution in [0.15, 0.2) is 58.8 Å². The molecule has 0 fully saturated rings. The van der Waals surface area contributed by atoms with Crippen LogP contribution in [0.3, 0.4) is 0 Å². The van der Waals surface area contributed by atoms with Crippen LogP contribution >= 0.6 is 22.9 Å². The van der Waals surface area contributed by atoms with Crippen molar-refractivity contribution in [3.05, 3.63) is 70.1 Å². The number of Topliss-reactive ketones (excluding diaryl/α,β-unsaturated/α-hetero) is 1. The number of ether oxygens (including phenoxy) is 1. The summed E-state index contributed by atoms with van der Waals surface area (Å²) in [5.41, 5.74) is 2.30. The normalized spacial score (nSPS) is 11.1. The van der Waals surface area contributed by atoms with Crippen molar-refractivity contribution >= 4 is 50.4 Å². The van der Waals surface area contributed by atoms with Crippen molar-refractivity contribution in [3.63, 3.8) is 0 Å². The van der Waals surface area contributed by atoms with Crippen LogP contribution in [0.5, 0.6) is 0 Å². The third kappa shape index (κ3) is 4.67. The molecular formula is C20H16ClNO5S2. The van der Waals surface area contributed by atoms with Gasteiger partial charge in [-0.25, -0.2) is 13.2 Å². The number of nitrogens with one attached hydrogen (secondary N) is 1. The third-order valence-corrected chi connectivity index (χ3v) is 7.28. The summed E-state index contributed by atoms with van der Waals surface area (Å²) < 4.78 is 32.9. The van der Waals surface area contributed by atoms with Crippen molar-refractivity contribution in [1.29, 1.82) is 0 Å². The molecule has 1 N–H and O–H groups in total. The highest BCUT2D eigenvalue weighted by atomic mass is 35.5. The number of hydrogen-bond acceptors (Lipinski definition) is 6. The minimum atomic E-state index is -3.89. The van der Waals surface area contributed by atoms with E-state index in [0.717, 1.165) is 11.3 Å². The number of methoxy groups -OCH3 is 1. The van der Waals surface area contributed by atoms with Gasteiger partial charge in [0, 0.05) is 16.8 Å². The molecule has 6 nitrogen and oxygen atoms in total. The lowest BCUT2D eigenvalue weighted by Crippen LogP contribution is -2.11. The largest absolute Gasteiger partial charge is 0.465 e. The minimum absolute atomic E-state index is 0.0303. The Morgan fingerprint density at radius 1 is 1.03 bits per heavy atom. The molecule has 2 aromatic carbocycles. The van der Waals surface area contributed by atoms with Gasteiger partial charge in [-0.05, 0) is 48.9 Å². The number of sulfonamides is 1. The Hall–Kier alpha value is -2.68. The second-order valence-electron chi connectivity index (χ2n) is 6.06. The van der Waals surface area contributed by atoms with Crippen LogP contribution in [0.25, 0.3) is 11.1 Å². The fourth-order valence-corrected chi connectivity index (χ4v) is 5.40. The van der Waals surface area contributed by atoms with Crippen LogP contribution in [0.1, 0.15) is 27.6 Å². The molecule has 1 aromatic heterocycles. The van der Waals surface area contributed by atoms with Gasteiger partial charge in [0.1, 0.15) is 8.55 Å². The van der Waals surface area contributed by atoms with Gasteiger partial charge in [-0.2, -0.15) is 0 Å². The summed E-state index contributed by atoms with van der Waals surface area (Å²) in [6, 6.07) is 14.2. The molecule has 0 saturated heterocycles. The molecule has 0 unspecified atom stereocenters.